The molecule has 0 amide bonds. The fourth-order valence-electron chi connectivity index (χ4n) is 1.12. The van der Waals surface area contributed by atoms with E-state index in [-0.39, 0.29) is 21.9 Å². The van der Waals surface area contributed by atoms with E-state index in [1.807, 2.05) is 0 Å². The van der Waals surface area contributed by atoms with Gasteiger partial charge in [-0.1, -0.05) is 23.2 Å². The van der Waals surface area contributed by atoms with Crippen molar-refractivity contribution >= 4 is 52.0 Å². The number of hydrogen-bond acceptors (Lipinski definition) is 5. The van der Waals surface area contributed by atoms with Crippen molar-refractivity contribution in [1.29, 1.82) is 0 Å². The molecule has 92 valence electrons. The average Bonchev–Trinajstić information content (AvgIpc) is 2.30. The summed E-state index contributed by atoms with van der Waals surface area (Å²) >= 11 is 17.2. The second kappa shape index (κ2) is 5.48. The Kier molecular flexibility index (Phi) is 3.96. The highest BCUT2D eigenvalue weighted by Gasteiger charge is 2.09. The molecule has 0 unspecified atom stereocenters. The number of nitrogen functional groups attached to an aromatic ring is 1. The summed E-state index contributed by atoms with van der Waals surface area (Å²) in [5.74, 6) is 0.0673. The summed E-state index contributed by atoms with van der Waals surface area (Å²) < 4.78 is 0. The molecule has 2 rings (SSSR count). The molecule has 0 atom stereocenters. The van der Waals surface area contributed by atoms with Crippen molar-refractivity contribution in [2.45, 2.75) is 0 Å². The third-order valence-electron chi connectivity index (χ3n) is 1.93. The molecule has 0 fully saturated rings. The maximum absolute atomic E-state index is 5.84. The van der Waals surface area contributed by atoms with Gasteiger partial charge in [0.2, 0.25) is 5.28 Å². The average molecular weight is 303 g/mol. The van der Waals surface area contributed by atoms with Gasteiger partial charge < -0.3 is 5.73 Å². The molecule has 8 heteroatoms. The van der Waals surface area contributed by atoms with Crippen LogP contribution in [0.15, 0.2) is 34.5 Å². The van der Waals surface area contributed by atoms with Crippen LogP contribution in [-0.4, -0.2) is 9.97 Å². The van der Waals surface area contributed by atoms with Crippen LogP contribution in [0.5, 0.6) is 0 Å². The van der Waals surface area contributed by atoms with E-state index in [1.165, 1.54) is 0 Å². The van der Waals surface area contributed by atoms with Gasteiger partial charge in [0.1, 0.15) is 0 Å². The summed E-state index contributed by atoms with van der Waals surface area (Å²) in [5, 5.41) is 8.46. The van der Waals surface area contributed by atoms with Crippen LogP contribution in [0, 0.1) is 0 Å². The van der Waals surface area contributed by atoms with Gasteiger partial charge in [0.25, 0.3) is 0 Å². The highest BCUT2D eigenvalue weighted by atomic mass is 35.5. The highest BCUT2D eigenvalue weighted by molar-refractivity contribution is 6.34. The molecule has 0 spiro atoms. The predicted octanol–water partition coefficient (Wildman–Crippen LogP) is 4.43. The van der Waals surface area contributed by atoms with Crippen LogP contribution in [0.1, 0.15) is 0 Å². The van der Waals surface area contributed by atoms with Crippen molar-refractivity contribution in [2.75, 3.05) is 5.73 Å². The van der Waals surface area contributed by atoms with E-state index in [0.717, 1.165) is 0 Å². The molecule has 0 aliphatic carbocycles. The van der Waals surface area contributed by atoms with Crippen LogP contribution in [0.2, 0.25) is 15.5 Å². The zero-order valence-electron chi connectivity index (χ0n) is 8.81. The van der Waals surface area contributed by atoms with E-state index in [9.17, 15) is 0 Å². The van der Waals surface area contributed by atoms with Crippen molar-refractivity contribution < 1.29 is 0 Å². The van der Waals surface area contributed by atoms with E-state index in [2.05, 4.69) is 20.2 Å². The van der Waals surface area contributed by atoms with E-state index in [4.69, 9.17) is 40.5 Å². The van der Waals surface area contributed by atoms with Gasteiger partial charge in [0, 0.05) is 5.02 Å². The summed E-state index contributed by atoms with van der Waals surface area (Å²) in [4.78, 5) is 7.46. The van der Waals surface area contributed by atoms with Gasteiger partial charge in [0.05, 0.1) is 5.69 Å². The number of rotatable bonds is 2. The van der Waals surface area contributed by atoms with Gasteiger partial charge >= 0.3 is 0 Å². The second-order valence-corrected chi connectivity index (χ2v) is 4.33. The monoisotopic (exact) mass is 301 g/mol. The SMILES string of the molecule is Nc1nc(Cl)nc(Cl)c1N=Nc1ccc(Cl)cc1. The molecule has 1 aromatic heterocycles. The molecular weight excluding hydrogens is 297 g/mol. The summed E-state index contributed by atoms with van der Waals surface area (Å²) in [5.41, 5.74) is 6.39. The molecule has 0 saturated carbocycles. The fraction of sp³-hybridized carbons (Fsp3) is 0. The maximum atomic E-state index is 5.84. The van der Waals surface area contributed by atoms with E-state index < -0.39 is 0 Å². The Morgan fingerprint density at radius 2 is 1.61 bits per heavy atom. The second-order valence-electron chi connectivity index (χ2n) is 3.19. The van der Waals surface area contributed by atoms with Crippen molar-refractivity contribution in [3.63, 3.8) is 0 Å². The number of azo groups is 1. The number of nitrogens with two attached hydrogens (primary N) is 1. The van der Waals surface area contributed by atoms with Gasteiger partial charge in [-0.25, -0.2) is 4.98 Å². The Bertz CT molecular complexity index is 574. The molecule has 0 radical (unpaired) electrons. The first-order valence-electron chi connectivity index (χ1n) is 4.72. The van der Waals surface area contributed by atoms with Crippen LogP contribution in [0.3, 0.4) is 0 Å². The number of aromatic nitrogens is 2. The molecule has 0 saturated heterocycles. The third-order valence-corrected chi connectivity index (χ3v) is 2.62. The highest BCUT2D eigenvalue weighted by Crippen LogP contribution is 2.31. The number of halogens is 3. The van der Waals surface area contributed by atoms with Crippen LogP contribution in [0.4, 0.5) is 17.2 Å². The van der Waals surface area contributed by atoms with Crippen LogP contribution in [-0.2, 0) is 0 Å². The standard InChI is InChI=1S/C10H6Cl3N5/c11-5-1-3-6(4-2-5)17-18-7-8(12)15-10(13)16-9(7)14/h1-4H,(H2,14,15,16). The third kappa shape index (κ3) is 3.07. The predicted molar refractivity (Wildman–Crippen MR) is 72.1 cm³/mol. The van der Waals surface area contributed by atoms with Gasteiger partial charge in [-0.15, -0.1) is 5.11 Å². The quantitative estimate of drug-likeness (QED) is 0.506. The summed E-state index contributed by atoms with van der Waals surface area (Å²) in [6.07, 6.45) is 0. The summed E-state index contributed by atoms with van der Waals surface area (Å²) in [6, 6.07) is 6.79. The lowest BCUT2D eigenvalue weighted by atomic mass is 10.3. The van der Waals surface area contributed by atoms with Gasteiger partial charge in [-0.3, -0.25) is 0 Å². The summed E-state index contributed by atoms with van der Waals surface area (Å²) in [6.45, 7) is 0. The lowest BCUT2D eigenvalue weighted by Gasteiger charge is -2.00. The summed E-state index contributed by atoms with van der Waals surface area (Å²) in [7, 11) is 0. The topological polar surface area (TPSA) is 76.5 Å². The number of nitrogens with zero attached hydrogens (tertiary/aromatic N) is 4. The minimum absolute atomic E-state index is 0.0389. The fourth-order valence-corrected chi connectivity index (χ4v) is 1.68. The lowest BCUT2D eigenvalue weighted by Crippen LogP contribution is -1.93. The normalized spacial score (nSPS) is 11.1. The lowest BCUT2D eigenvalue weighted by molar-refractivity contribution is 1.13. The Labute approximate surface area is 118 Å². The largest absolute Gasteiger partial charge is 0.382 e. The molecule has 0 bridgehead atoms. The van der Waals surface area contributed by atoms with E-state index >= 15 is 0 Å². The number of hydrogen-bond donors (Lipinski definition) is 1. The molecule has 0 aliphatic rings. The molecule has 2 N–H and O–H groups in total. The Balaban J connectivity index is 2.31. The minimum Gasteiger partial charge on any atom is -0.382 e. The zero-order valence-corrected chi connectivity index (χ0v) is 11.1. The van der Waals surface area contributed by atoms with Gasteiger partial charge in [-0.2, -0.15) is 10.1 Å². The van der Waals surface area contributed by atoms with Crippen LogP contribution >= 0.6 is 34.8 Å². The molecule has 0 aliphatic heterocycles. The van der Waals surface area contributed by atoms with Gasteiger partial charge in [0.15, 0.2) is 16.7 Å². The van der Waals surface area contributed by atoms with Crippen LogP contribution in [0.25, 0.3) is 0 Å². The molecule has 1 aromatic carbocycles. The molecule has 1 heterocycles. The van der Waals surface area contributed by atoms with Crippen molar-refractivity contribution in [1.82, 2.24) is 9.97 Å². The number of anilines is 1. The Hall–Kier alpha value is -1.43. The molecule has 5 nitrogen and oxygen atoms in total. The van der Waals surface area contributed by atoms with Gasteiger partial charge in [-0.05, 0) is 35.9 Å². The first-order valence-corrected chi connectivity index (χ1v) is 5.85. The Morgan fingerprint density at radius 1 is 0.944 bits per heavy atom. The van der Waals surface area contributed by atoms with Crippen molar-refractivity contribution in [3.05, 3.63) is 39.7 Å². The maximum Gasteiger partial charge on any atom is 0.225 e. The van der Waals surface area contributed by atoms with Crippen molar-refractivity contribution in [2.24, 2.45) is 10.2 Å². The molecular formula is C10H6Cl3N5. The van der Waals surface area contributed by atoms with Crippen molar-refractivity contribution in [3.8, 4) is 0 Å². The zero-order chi connectivity index (χ0) is 13.1. The Morgan fingerprint density at radius 3 is 2.22 bits per heavy atom. The van der Waals surface area contributed by atoms with E-state index in [0.29, 0.717) is 10.7 Å². The molecule has 18 heavy (non-hydrogen) atoms. The minimum atomic E-state index is -0.0389. The first kappa shape index (κ1) is 13.0. The van der Waals surface area contributed by atoms with Crippen LogP contribution < -0.4 is 5.73 Å². The van der Waals surface area contributed by atoms with E-state index in [1.54, 1.807) is 24.3 Å². The molecule has 2 aromatic rings. The first-order chi connectivity index (χ1) is 8.56. The smallest absolute Gasteiger partial charge is 0.225 e. The number of benzene rings is 1.